The first-order chi connectivity index (χ1) is 16.5. The number of amides is 1. The Morgan fingerprint density at radius 1 is 1.20 bits per heavy atom. The summed E-state index contributed by atoms with van der Waals surface area (Å²) in [6.45, 7) is 10.5. The molecule has 35 heavy (non-hydrogen) atoms. The van der Waals surface area contributed by atoms with E-state index < -0.39 is 21.7 Å². The van der Waals surface area contributed by atoms with E-state index in [2.05, 4.69) is 31.0 Å². The fourth-order valence-electron chi connectivity index (χ4n) is 5.12. The van der Waals surface area contributed by atoms with Gasteiger partial charge in [-0.2, -0.15) is 0 Å². The van der Waals surface area contributed by atoms with Crippen molar-refractivity contribution in [2.24, 2.45) is 0 Å². The van der Waals surface area contributed by atoms with Crippen molar-refractivity contribution in [1.82, 2.24) is 9.88 Å². The maximum absolute atomic E-state index is 14.6. The number of nitrogens with one attached hydrogen (secondary N) is 1. The van der Waals surface area contributed by atoms with Gasteiger partial charge >= 0.3 is 0 Å². The minimum atomic E-state index is -3.52. The van der Waals surface area contributed by atoms with Crippen molar-refractivity contribution in [1.29, 1.82) is 0 Å². The number of nitrogens with zero attached hydrogens (tertiary/aromatic N) is 3. The Morgan fingerprint density at radius 2 is 1.89 bits per heavy atom. The van der Waals surface area contributed by atoms with Gasteiger partial charge in [-0.25, -0.2) is 17.8 Å². The monoisotopic (exact) mass is 522 g/mol. The molecule has 1 aromatic heterocycles. The molecule has 0 aliphatic carbocycles. The summed E-state index contributed by atoms with van der Waals surface area (Å²) in [4.78, 5) is 23.7. The molecular weight excluding hydrogens is 487 g/mol. The highest BCUT2D eigenvalue weighted by Crippen LogP contribution is 2.34. The van der Waals surface area contributed by atoms with Gasteiger partial charge in [-0.05, 0) is 56.2 Å². The van der Waals surface area contributed by atoms with Crippen molar-refractivity contribution in [2.45, 2.75) is 76.3 Å². The molecule has 4 rings (SSSR count). The lowest BCUT2D eigenvalue weighted by atomic mass is 10.0. The van der Waals surface area contributed by atoms with Crippen molar-refractivity contribution in [3.05, 3.63) is 34.1 Å². The topological polar surface area (TPSA) is 82.6 Å². The molecular formula is C25H35FN4O3S2. The van der Waals surface area contributed by atoms with Gasteiger partial charge in [0.25, 0.3) is 0 Å². The van der Waals surface area contributed by atoms with Crippen LogP contribution in [-0.4, -0.2) is 62.2 Å². The van der Waals surface area contributed by atoms with Gasteiger partial charge in [-0.1, -0.05) is 20.8 Å². The molecule has 2 aliphatic heterocycles. The molecule has 0 spiro atoms. The van der Waals surface area contributed by atoms with Gasteiger partial charge in [0, 0.05) is 36.8 Å². The Balaban J connectivity index is 1.38. The molecule has 0 radical (unpaired) electrons. The third-order valence-corrected chi connectivity index (χ3v) is 9.51. The Hall–Kier alpha value is -2.20. The van der Waals surface area contributed by atoms with Gasteiger partial charge in [-0.3, -0.25) is 4.79 Å². The minimum absolute atomic E-state index is 0.0164. The van der Waals surface area contributed by atoms with Crippen LogP contribution in [0.1, 0.15) is 62.1 Å². The number of sulfone groups is 1. The van der Waals surface area contributed by atoms with Crippen LogP contribution in [0.5, 0.6) is 0 Å². The summed E-state index contributed by atoms with van der Waals surface area (Å²) in [6.07, 6.45) is 4.41. The Morgan fingerprint density at radius 3 is 2.46 bits per heavy atom. The van der Waals surface area contributed by atoms with E-state index in [1.807, 2.05) is 4.90 Å². The van der Waals surface area contributed by atoms with Crippen molar-refractivity contribution in [3.8, 4) is 0 Å². The molecule has 3 heterocycles. The fourth-order valence-corrected chi connectivity index (χ4v) is 7.29. The van der Waals surface area contributed by atoms with Gasteiger partial charge in [0.2, 0.25) is 5.91 Å². The molecule has 0 bridgehead atoms. The van der Waals surface area contributed by atoms with E-state index in [1.165, 1.54) is 16.6 Å². The van der Waals surface area contributed by atoms with Crippen molar-refractivity contribution >= 4 is 37.9 Å². The molecule has 0 saturated carbocycles. The molecule has 1 atom stereocenters. The molecule has 192 valence electrons. The largest absolute Gasteiger partial charge is 0.371 e. The maximum Gasteiger partial charge on any atom is 0.245 e. The summed E-state index contributed by atoms with van der Waals surface area (Å²) in [5.41, 5.74) is 1.83. The Labute approximate surface area is 211 Å². The normalized spacial score (nSPS) is 19.7. The molecule has 10 heteroatoms. The summed E-state index contributed by atoms with van der Waals surface area (Å²) in [5, 5.41) is 4.11. The lowest BCUT2D eigenvalue weighted by Gasteiger charge is -2.36. The lowest BCUT2D eigenvalue weighted by Crippen LogP contribution is -2.47. The van der Waals surface area contributed by atoms with E-state index in [0.717, 1.165) is 49.8 Å². The van der Waals surface area contributed by atoms with Crippen LogP contribution in [0.2, 0.25) is 0 Å². The Kier molecular flexibility index (Phi) is 7.43. The number of carbonyl (C=O) groups is 1. The summed E-state index contributed by atoms with van der Waals surface area (Å²) in [5.74, 6) is -0.265. The molecule has 1 aromatic carbocycles. The van der Waals surface area contributed by atoms with Gasteiger partial charge in [0.15, 0.2) is 15.0 Å². The molecule has 1 N–H and O–H groups in total. The lowest BCUT2D eigenvalue weighted by molar-refractivity contribution is -0.130. The number of hydrogen-bond donors (Lipinski definition) is 1. The predicted octanol–water partition coefficient (Wildman–Crippen LogP) is 4.36. The first-order valence-corrected chi connectivity index (χ1v) is 15.0. The van der Waals surface area contributed by atoms with E-state index in [1.54, 1.807) is 18.3 Å². The summed E-state index contributed by atoms with van der Waals surface area (Å²) < 4.78 is 38.3. The minimum Gasteiger partial charge on any atom is -0.371 e. The molecule has 2 aromatic rings. The number of aromatic nitrogens is 1. The SMILES string of the molecule is CCc1sc(N2CCC(N3CCC(Nc4cc(C)c(S(C)(=O)=O)cc4F)C3=O)CC2)nc1C(C)C. The number of anilines is 2. The average Bonchev–Trinajstić information content (AvgIpc) is 3.39. The first kappa shape index (κ1) is 25.9. The van der Waals surface area contributed by atoms with Crippen LogP contribution in [0.3, 0.4) is 0 Å². The molecule has 7 nitrogen and oxygen atoms in total. The molecule has 2 aliphatic rings. The highest BCUT2D eigenvalue weighted by Gasteiger charge is 2.38. The number of rotatable bonds is 7. The highest BCUT2D eigenvalue weighted by atomic mass is 32.2. The van der Waals surface area contributed by atoms with E-state index in [4.69, 9.17) is 4.98 Å². The summed E-state index contributed by atoms with van der Waals surface area (Å²) in [6, 6.07) is 2.17. The van der Waals surface area contributed by atoms with Crippen LogP contribution in [0.15, 0.2) is 17.0 Å². The summed E-state index contributed by atoms with van der Waals surface area (Å²) >= 11 is 1.79. The molecule has 1 amide bonds. The van der Waals surface area contributed by atoms with Crippen molar-refractivity contribution in [3.63, 3.8) is 0 Å². The number of halogens is 1. The van der Waals surface area contributed by atoms with Crippen LogP contribution in [-0.2, 0) is 21.1 Å². The maximum atomic E-state index is 14.6. The van der Waals surface area contributed by atoms with Gasteiger partial charge < -0.3 is 15.1 Å². The van der Waals surface area contributed by atoms with Crippen LogP contribution >= 0.6 is 11.3 Å². The zero-order chi connectivity index (χ0) is 25.5. The number of carbonyl (C=O) groups excluding carboxylic acids is 1. The van der Waals surface area contributed by atoms with Crippen LogP contribution in [0.25, 0.3) is 0 Å². The summed E-state index contributed by atoms with van der Waals surface area (Å²) in [7, 11) is -3.52. The fraction of sp³-hybridized carbons (Fsp3) is 0.600. The average molecular weight is 523 g/mol. The number of thiazole rings is 1. The predicted molar refractivity (Wildman–Crippen MR) is 139 cm³/mol. The molecule has 2 saturated heterocycles. The van der Waals surface area contributed by atoms with Gasteiger partial charge in [-0.15, -0.1) is 11.3 Å². The number of likely N-dealkylation sites (tertiary alicyclic amines) is 1. The van der Waals surface area contributed by atoms with E-state index in [9.17, 15) is 17.6 Å². The number of benzene rings is 1. The zero-order valence-corrected chi connectivity index (χ0v) is 22.7. The molecule has 2 fully saturated rings. The first-order valence-electron chi connectivity index (χ1n) is 12.3. The van der Waals surface area contributed by atoms with Gasteiger partial charge in [0.05, 0.1) is 16.3 Å². The third kappa shape index (κ3) is 5.33. The smallest absolute Gasteiger partial charge is 0.245 e. The Bertz CT molecular complexity index is 1200. The van der Waals surface area contributed by atoms with E-state index in [-0.39, 0.29) is 22.5 Å². The second-order valence-electron chi connectivity index (χ2n) is 9.92. The quantitative estimate of drug-likeness (QED) is 0.582. The zero-order valence-electron chi connectivity index (χ0n) is 21.1. The number of hydrogen-bond acceptors (Lipinski definition) is 7. The van der Waals surface area contributed by atoms with E-state index >= 15 is 0 Å². The van der Waals surface area contributed by atoms with Crippen molar-refractivity contribution < 1.29 is 17.6 Å². The second kappa shape index (κ2) is 10.0. The van der Waals surface area contributed by atoms with E-state index in [0.29, 0.717) is 24.4 Å². The molecule has 1 unspecified atom stereocenters. The van der Waals surface area contributed by atoms with Crippen LogP contribution < -0.4 is 10.2 Å². The van der Waals surface area contributed by atoms with Crippen LogP contribution in [0.4, 0.5) is 15.2 Å². The van der Waals surface area contributed by atoms with Crippen LogP contribution in [0, 0.1) is 12.7 Å². The number of piperidine rings is 1. The van der Waals surface area contributed by atoms with Crippen molar-refractivity contribution in [2.75, 3.05) is 36.1 Å². The highest BCUT2D eigenvalue weighted by molar-refractivity contribution is 7.90. The standard InChI is InChI=1S/C25H35FN4O3S2/c1-6-21-23(15(2)3)28-25(34-21)29-10-7-17(8-11-29)30-12-9-19(24(30)31)27-20-13-16(4)22(14-18(20)26)35(5,32)33/h13-15,17,19,27H,6-12H2,1-5H3. The van der Waals surface area contributed by atoms with Gasteiger partial charge in [0.1, 0.15) is 11.9 Å². The second-order valence-corrected chi connectivity index (χ2v) is 13.0. The number of aryl methyl sites for hydroxylation is 2. The third-order valence-electron chi connectivity index (χ3n) is 6.99.